The van der Waals surface area contributed by atoms with Crippen LogP contribution >= 0.6 is 34.4 Å². The summed E-state index contributed by atoms with van der Waals surface area (Å²) in [4.78, 5) is 26.4. The van der Waals surface area contributed by atoms with E-state index in [1.807, 2.05) is 22.9 Å². The lowest BCUT2D eigenvalue weighted by atomic mass is 10.0. The fourth-order valence-corrected chi connectivity index (χ4v) is 5.76. The van der Waals surface area contributed by atoms with E-state index in [9.17, 15) is 14.0 Å². The summed E-state index contributed by atoms with van der Waals surface area (Å²) in [6, 6.07) is 7.82. The SMILES string of the molecule is C=CCn1c(SCC(=O)Nc2scc(-c3ccc(F)cc3)c2C(=O)OC)nnc1-c1csc(C)c1. The molecule has 35 heavy (non-hydrogen) atoms. The Morgan fingerprint density at radius 3 is 2.63 bits per heavy atom. The van der Waals surface area contributed by atoms with Crippen LogP contribution in [0.25, 0.3) is 22.5 Å². The molecule has 0 fully saturated rings. The van der Waals surface area contributed by atoms with E-state index < -0.39 is 5.97 Å². The monoisotopic (exact) mass is 528 g/mol. The maximum absolute atomic E-state index is 13.3. The third-order valence-corrected chi connectivity index (χ3v) is 7.66. The molecule has 0 atom stereocenters. The fourth-order valence-electron chi connectivity index (χ4n) is 3.35. The third-order valence-electron chi connectivity index (χ3n) is 4.94. The minimum absolute atomic E-state index is 0.0579. The highest BCUT2D eigenvalue weighted by Crippen LogP contribution is 2.36. The largest absolute Gasteiger partial charge is 0.465 e. The lowest BCUT2D eigenvalue weighted by Crippen LogP contribution is -2.16. The number of thiophene rings is 2. The number of anilines is 1. The lowest BCUT2D eigenvalue weighted by molar-refractivity contribution is -0.113. The Morgan fingerprint density at radius 1 is 1.20 bits per heavy atom. The Balaban J connectivity index is 1.51. The van der Waals surface area contributed by atoms with E-state index in [-0.39, 0.29) is 23.0 Å². The molecule has 7 nitrogen and oxygen atoms in total. The van der Waals surface area contributed by atoms with Gasteiger partial charge in [0, 0.05) is 33.3 Å². The number of halogens is 1. The molecule has 0 saturated carbocycles. The molecule has 0 radical (unpaired) electrons. The summed E-state index contributed by atoms with van der Waals surface area (Å²) in [6.45, 7) is 6.33. The zero-order valence-corrected chi connectivity index (χ0v) is 21.4. The van der Waals surface area contributed by atoms with Gasteiger partial charge in [-0.2, -0.15) is 0 Å². The normalized spacial score (nSPS) is 10.8. The standard InChI is InChI=1S/C24H21FN4O3S3/c1-4-9-29-21(16-10-14(2)33-11-16)27-28-24(29)35-13-19(30)26-22-20(23(31)32-3)18(12-34-22)15-5-7-17(25)8-6-15/h4-8,10-12H,1,9,13H2,2-3H3,(H,26,30). The average molecular weight is 529 g/mol. The molecular formula is C24H21FN4O3S3. The van der Waals surface area contributed by atoms with E-state index in [0.29, 0.717) is 33.7 Å². The number of aromatic nitrogens is 3. The number of ether oxygens (including phenoxy) is 1. The van der Waals surface area contributed by atoms with Crippen molar-refractivity contribution in [2.45, 2.75) is 18.6 Å². The molecule has 11 heteroatoms. The first-order chi connectivity index (χ1) is 16.9. The molecule has 0 bridgehead atoms. The van der Waals surface area contributed by atoms with E-state index in [1.54, 1.807) is 34.9 Å². The van der Waals surface area contributed by atoms with Crippen LogP contribution in [0.5, 0.6) is 0 Å². The van der Waals surface area contributed by atoms with Crippen LogP contribution in [0.1, 0.15) is 15.2 Å². The van der Waals surface area contributed by atoms with Gasteiger partial charge in [0.05, 0.1) is 12.9 Å². The van der Waals surface area contributed by atoms with Crippen molar-refractivity contribution in [2.24, 2.45) is 0 Å². The number of benzene rings is 1. The van der Waals surface area contributed by atoms with Gasteiger partial charge in [0.15, 0.2) is 11.0 Å². The number of allylic oxidation sites excluding steroid dienone is 1. The van der Waals surface area contributed by atoms with Gasteiger partial charge < -0.3 is 10.1 Å². The van der Waals surface area contributed by atoms with Gasteiger partial charge in [0.25, 0.3) is 0 Å². The number of carbonyl (C=O) groups excluding carboxylic acids is 2. The highest BCUT2D eigenvalue weighted by Gasteiger charge is 2.23. The van der Waals surface area contributed by atoms with Crippen molar-refractivity contribution in [3.05, 3.63) is 70.0 Å². The molecular weight excluding hydrogens is 507 g/mol. The molecule has 0 aliphatic carbocycles. The number of hydrogen-bond donors (Lipinski definition) is 1. The molecule has 0 saturated heterocycles. The quantitative estimate of drug-likeness (QED) is 0.166. The summed E-state index contributed by atoms with van der Waals surface area (Å²) >= 11 is 4.07. The fraction of sp³-hybridized carbons (Fsp3) is 0.167. The van der Waals surface area contributed by atoms with Crippen molar-refractivity contribution in [2.75, 3.05) is 18.2 Å². The van der Waals surface area contributed by atoms with Gasteiger partial charge in [-0.1, -0.05) is 30.0 Å². The topological polar surface area (TPSA) is 86.1 Å². The smallest absolute Gasteiger partial charge is 0.341 e. The Bertz CT molecular complexity index is 1380. The minimum atomic E-state index is -0.588. The number of hydrogen-bond acceptors (Lipinski definition) is 8. The first-order valence-corrected chi connectivity index (χ1v) is 13.1. The van der Waals surface area contributed by atoms with Crippen LogP contribution in [0.15, 0.2) is 58.9 Å². The average Bonchev–Trinajstić information content (AvgIpc) is 3.57. The maximum atomic E-state index is 13.3. The summed E-state index contributed by atoms with van der Waals surface area (Å²) in [5.74, 6) is -0.505. The van der Waals surface area contributed by atoms with Crippen LogP contribution in [-0.4, -0.2) is 39.5 Å². The first kappa shape index (κ1) is 24.8. The van der Waals surface area contributed by atoms with Crippen LogP contribution in [0, 0.1) is 12.7 Å². The van der Waals surface area contributed by atoms with Crippen molar-refractivity contribution < 1.29 is 18.7 Å². The van der Waals surface area contributed by atoms with Crippen molar-refractivity contribution in [1.82, 2.24) is 14.8 Å². The second kappa shape index (κ2) is 11.0. The second-order valence-electron chi connectivity index (χ2n) is 7.34. The molecule has 1 aromatic carbocycles. The van der Waals surface area contributed by atoms with Gasteiger partial charge in [-0.3, -0.25) is 9.36 Å². The number of thioether (sulfide) groups is 1. The number of esters is 1. The maximum Gasteiger partial charge on any atom is 0.341 e. The number of aryl methyl sites for hydroxylation is 1. The summed E-state index contributed by atoms with van der Waals surface area (Å²) in [7, 11) is 1.27. The Morgan fingerprint density at radius 2 is 1.97 bits per heavy atom. The van der Waals surface area contributed by atoms with Crippen LogP contribution in [0.4, 0.5) is 9.39 Å². The Hall–Kier alpha value is -3.28. The number of methoxy groups -OCH3 is 1. The summed E-state index contributed by atoms with van der Waals surface area (Å²) < 4.78 is 20.2. The minimum Gasteiger partial charge on any atom is -0.465 e. The van der Waals surface area contributed by atoms with E-state index >= 15 is 0 Å². The van der Waals surface area contributed by atoms with E-state index in [2.05, 4.69) is 22.1 Å². The molecule has 0 unspecified atom stereocenters. The van der Waals surface area contributed by atoms with Gasteiger partial charge >= 0.3 is 5.97 Å². The van der Waals surface area contributed by atoms with Gasteiger partial charge in [-0.15, -0.1) is 39.4 Å². The van der Waals surface area contributed by atoms with Crippen LogP contribution in [-0.2, 0) is 16.1 Å². The lowest BCUT2D eigenvalue weighted by Gasteiger charge is -2.09. The molecule has 1 N–H and O–H groups in total. The van der Waals surface area contributed by atoms with Gasteiger partial charge in [-0.25, -0.2) is 9.18 Å². The number of carbonyl (C=O) groups is 2. The van der Waals surface area contributed by atoms with E-state index in [1.165, 1.54) is 47.2 Å². The molecule has 1 amide bonds. The highest BCUT2D eigenvalue weighted by molar-refractivity contribution is 7.99. The van der Waals surface area contributed by atoms with Crippen LogP contribution < -0.4 is 5.32 Å². The highest BCUT2D eigenvalue weighted by atomic mass is 32.2. The van der Waals surface area contributed by atoms with E-state index in [4.69, 9.17) is 4.74 Å². The molecule has 180 valence electrons. The number of nitrogens with zero attached hydrogens (tertiary/aromatic N) is 3. The molecule has 4 aromatic rings. The van der Waals surface area contributed by atoms with Crippen molar-refractivity contribution >= 4 is 51.3 Å². The zero-order chi connectivity index (χ0) is 24.9. The first-order valence-electron chi connectivity index (χ1n) is 10.4. The predicted molar refractivity (Wildman–Crippen MR) is 139 cm³/mol. The summed E-state index contributed by atoms with van der Waals surface area (Å²) in [5, 5.41) is 16.1. The molecule has 0 spiro atoms. The van der Waals surface area contributed by atoms with E-state index in [0.717, 1.165) is 5.56 Å². The summed E-state index contributed by atoms with van der Waals surface area (Å²) in [6.07, 6.45) is 1.75. The summed E-state index contributed by atoms with van der Waals surface area (Å²) in [5.41, 5.74) is 2.40. The molecule has 0 aliphatic rings. The van der Waals surface area contributed by atoms with Crippen molar-refractivity contribution in [3.8, 4) is 22.5 Å². The third kappa shape index (κ3) is 5.53. The molecule has 0 aliphatic heterocycles. The Labute approximate surface area is 213 Å². The number of amides is 1. The second-order valence-corrected chi connectivity index (χ2v) is 10.3. The van der Waals surface area contributed by atoms with Crippen LogP contribution in [0.2, 0.25) is 0 Å². The molecule has 4 rings (SSSR count). The number of nitrogens with one attached hydrogen (secondary N) is 1. The Kier molecular flexibility index (Phi) is 7.79. The zero-order valence-electron chi connectivity index (χ0n) is 18.9. The van der Waals surface area contributed by atoms with Gasteiger partial charge in [0.1, 0.15) is 16.4 Å². The predicted octanol–water partition coefficient (Wildman–Crippen LogP) is 5.89. The van der Waals surface area contributed by atoms with Gasteiger partial charge in [0.2, 0.25) is 5.91 Å². The molecule has 3 aromatic heterocycles. The number of rotatable bonds is 9. The van der Waals surface area contributed by atoms with Crippen molar-refractivity contribution in [3.63, 3.8) is 0 Å². The van der Waals surface area contributed by atoms with Crippen molar-refractivity contribution in [1.29, 1.82) is 0 Å². The van der Waals surface area contributed by atoms with Crippen LogP contribution in [0.3, 0.4) is 0 Å². The van der Waals surface area contributed by atoms with Gasteiger partial charge in [-0.05, 0) is 30.7 Å². The molecule has 3 heterocycles.